The predicted octanol–water partition coefficient (Wildman–Crippen LogP) is 5.13. The van der Waals surface area contributed by atoms with Crippen molar-refractivity contribution < 1.29 is 4.57 Å². The van der Waals surface area contributed by atoms with Crippen molar-refractivity contribution in [1.29, 1.82) is 0 Å². The van der Waals surface area contributed by atoms with Gasteiger partial charge in [-0.15, -0.1) is 0 Å². The van der Waals surface area contributed by atoms with E-state index in [0.29, 0.717) is 4.95 Å². The highest BCUT2D eigenvalue weighted by Crippen LogP contribution is 2.22. The van der Waals surface area contributed by atoms with E-state index >= 15 is 0 Å². The summed E-state index contributed by atoms with van der Waals surface area (Å²) in [6.45, 7) is 2.28. The fourth-order valence-corrected chi connectivity index (χ4v) is 2.97. The van der Waals surface area contributed by atoms with Crippen molar-refractivity contribution in [2.24, 2.45) is 7.05 Å². The molecule has 1 atom stereocenters. The zero-order valence-electron chi connectivity index (χ0n) is 12.7. The number of nitrogens with zero attached hydrogens (tertiary/aromatic N) is 2. The Bertz CT molecular complexity index is 322. The van der Waals surface area contributed by atoms with Crippen LogP contribution in [0.5, 0.6) is 0 Å². The Morgan fingerprint density at radius 1 is 1.00 bits per heavy atom. The minimum absolute atomic E-state index is 0.457. The van der Waals surface area contributed by atoms with Crippen molar-refractivity contribution in [2.75, 3.05) is 0 Å². The highest BCUT2D eigenvalue weighted by molar-refractivity contribution is 9.09. The number of alkyl halides is 1. The van der Waals surface area contributed by atoms with Crippen LogP contribution in [0.1, 0.15) is 76.1 Å². The van der Waals surface area contributed by atoms with Gasteiger partial charge in [-0.05, 0) is 28.8 Å². The van der Waals surface area contributed by atoms with Gasteiger partial charge in [0.05, 0.1) is 7.05 Å². The van der Waals surface area contributed by atoms with E-state index in [0.717, 1.165) is 0 Å². The number of hydrogen-bond donors (Lipinski definition) is 0. The second-order valence-corrected chi connectivity index (χ2v) is 6.63. The lowest BCUT2D eigenvalue weighted by Gasteiger charge is -2.06. The van der Waals surface area contributed by atoms with Crippen molar-refractivity contribution in [2.45, 2.75) is 76.1 Å². The molecule has 1 aromatic rings. The van der Waals surface area contributed by atoms with Gasteiger partial charge >= 0.3 is 0 Å². The molecule has 0 aliphatic heterocycles. The molecule has 0 amide bonds. The van der Waals surface area contributed by atoms with Gasteiger partial charge < -0.3 is 0 Å². The standard InChI is InChI=1S/C16H30BrN2/c1-3-4-5-6-7-8-9-10-11-12-16(17)19-14-13-18(2)15-19/h13-16H,3-12H2,1-2H3/q+1. The molecule has 19 heavy (non-hydrogen) atoms. The van der Waals surface area contributed by atoms with Crippen LogP contribution in [0.3, 0.4) is 0 Å². The smallest absolute Gasteiger partial charge is 0.240 e. The minimum Gasteiger partial charge on any atom is -0.240 e. The van der Waals surface area contributed by atoms with Crippen molar-refractivity contribution in [3.05, 3.63) is 18.7 Å². The fraction of sp³-hybridized carbons (Fsp3) is 0.812. The van der Waals surface area contributed by atoms with Crippen molar-refractivity contribution in [3.63, 3.8) is 0 Å². The Hall–Kier alpha value is -0.310. The number of aryl methyl sites for hydroxylation is 1. The van der Waals surface area contributed by atoms with E-state index in [-0.39, 0.29) is 0 Å². The number of imidazole rings is 1. The van der Waals surface area contributed by atoms with Crippen LogP contribution in [0, 0.1) is 0 Å². The number of aromatic nitrogens is 2. The normalized spacial score (nSPS) is 12.8. The number of halogens is 1. The van der Waals surface area contributed by atoms with Crippen LogP contribution >= 0.6 is 15.9 Å². The molecular weight excluding hydrogens is 300 g/mol. The molecule has 0 radical (unpaired) electrons. The number of rotatable bonds is 11. The summed E-state index contributed by atoms with van der Waals surface area (Å²) in [6.07, 6.45) is 20.2. The summed E-state index contributed by atoms with van der Waals surface area (Å²) in [4.78, 5) is 0.457. The van der Waals surface area contributed by atoms with Gasteiger partial charge in [0.15, 0.2) is 4.95 Å². The van der Waals surface area contributed by atoms with Crippen LogP contribution in [0.25, 0.3) is 0 Å². The summed E-state index contributed by atoms with van der Waals surface area (Å²) in [5.41, 5.74) is 0. The van der Waals surface area contributed by atoms with Gasteiger partial charge in [0.25, 0.3) is 0 Å². The van der Waals surface area contributed by atoms with E-state index in [4.69, 9.17) is 0 Å². The Kier molecular flexibility index (Phi) is 9.23. The molecule has 3 heteroatoms. The third kappa shape index (κ3) is 7.76. The van der Waals surface area contributed by atoms with Gasteiger partial charge in [0.2, 0.25) is 6.33 Å². The van der Waals surface area contributed by atoms with E-state index < -0.39 is 0 Å². The van der Waals surface area contributed by atoms with Crippen LogP contribution in [-0.4, -0.2) is 4.57 Å². The first-order chi connectivity index (χ1) is 9.24. The van der Waals surface area contributed by atoms with Crippen molar-refractivity contribution >= 4 is 15.9 Å². The van der Waals surface area contributed by atoms with E-state index in [1.54, 1.807) is 0 Å². The molecule has 1 rings (SSSR count). The molecule has 0 N–H and O–H groups in total. The van der Waals surface area contributed by atoms with Gasteiger partial charge in [0.1, 0.15) is 12.4 Å². The molecule has 0 fully saturated rings. The van der Waals surface area contributed by atoms with Crippen molar-refractivity contribution in [3.8, 4) is 0 Å². The summed E-state index contributed by atoms with van der Waals surface area (Å²) >= 11 is 3.76. The zero-order chi connectivity index (χ0) is 13.9. The zero-order valence-corrected chi connectivity index (χ0v) is 14.2. The summed E-state index contributed by atoms with van der Waals surface area (Å²) in [7, 11) is 2.06. The number of hydrogen-bond acceptors (Lipinski definition) is 0. The Morgan fingerprint density at radius 2 is 1.58 bits per heavy atom. The lowest BCUT2D eigenvalue weighted by Crippen LogP contribution is -2.24. The topological polar surface area (TPSA) is 8.81 Å². The molecule has 0 aromatic carbocycles. The third-order valence-corrected chi connectivity index (χ3v) is 4.59. The van der Waals surface area contributed by atoms with Crippen molar-refractivity contribution in [1.82, 2.24) is 4.57 Å². The van der Waals surface area contributed by atoms with E-state index in [9.17, 15) is 0 Å². The summed E-state index contributed by atoms with van der Waals surface area (Å²) in [6, 6.07) is 0. The first kappa shape index (κ1) is 16.7. The molecule has 0 aliphatic rings. The molecule has 2 nitrogen and oxygen atoms in total. The first-order valence-corrected chi connectivity index (χ1v) is 8.82. The van der Waals surface area contributed by atoms with Gasteiger partial charge in [-0.1, -0.05) is 58.3 Å². The lowest BCUT2D eigenvalue weighted by molar-refractivity contribution is -0.671. The molecule has 0 aliphatic carbocycles. The molecule has 0 saturated carbocycles. The van der Waals surface area contributed by atoms with Crippen LogP contribution in [-0.2, 0) is 7.05 Å². The number of unbranched alkanes of at least 4 members (excludes halogenated alkanes) is 8. The maximum Gasteiger partial charge on any atom is 0.244 e. The fourth-order valence-electron chi connectivity index (χ4n) is 2.41. The molecular formula is C16H30BrN2+. The second kappa shape index (κ2) is 10.5. The van der Waals surface area contributed by atoms with E-state index in [2.05, 4.69) is 57.8 Å². The minimum atomic E-state index is 0.457. The quantitative estimate of drug-likeness (QED) is 0.302. The van der Waals surface area contributed by atoms with Crippen LogP contribution in [0.15, 0.2) is 18.7 Å². The highest BCUT2D eigenvalue weighted by Gasteiger charge is 2.11. The Labute approximate surface area is 127 Å². The molecule has 0 saturated heterocycles. The molecule has 110 valence electrons. The predicted molar refractivity (Wildman–Crippen MR) is 85.4 cm³/mol. The monoisotopic (exact) mass is 329 g/mol. The summed E-state index contributed by atoms with van der Waals surface area (Å²) < 4.78 is 4.33. The average Bonchev–Trinajstić information content (AvgIpc) is 2.83. The van der Waals surface area contributed by atoms with Gasteiger partial charge in [-0.3, -0.25) is 0 Å². The molecule has 0 spiro atoms. The largest absolute Gasteiger partial charge is 0.244 e. The molecule has 0 bridgehead atoms. The molecule has 1 unspecified atom stereocenters. The molecule has 1 heterocycles. The SMILES string of the molecule is CCCCCCCCCCCC(Br)n1cc[n+](C)c1. The maximum absolute atomic E-state index is 3.76. The van der Waals surface area contributed by atoms with E-state index in [1.807, 2.05) is 0 Å². The van der Waals surface area contributed by atoms with Crippen LogP contribution in [0.4, 0.5) is 0 Å². The Balaban J connectivity index is 1.93. The second-order valence-electron chi connectivity index (χ2n) is 5.58. The van der Waals surface area contributed by atoms with Crippen LogP contribution in [0.2, 0.25) is 0 Å². The van der Waals surface area contributed by atoms with Crippen LogP contribution < -0.4 is 4.57 Å². The van der Waals surface area contributed by atoms with Gasteiger partial charge in [-0.2, -0.15) is 0 Å². The Morgan fingerprint density at radius 3 is 2.11 bits per heavy atom. The van der Waals surface area contributed by atoms with E-state index in [1.165, 1.54) is 64.2 Å². The first-order valence-electron chi connectivity index (χ1n) is 7.91. The highest BCUT2D eigenvalue weighted by atomic mass is 79.9. The van der Waals surface area contributed by atoms with Gasteiger partial charge in [-0.25, -0.2) is 9.13 Å². The van der Waals surface area contributed by atoms with Gasteiger partial charge in [0, 0.05) is 0 Å². The maximum atomic E-state index is 3.76. The molecule has 1 aromatic heterocycles. The third-order valence-electron chi connectivity index (χ3n) is 3.66. The summed E-state index contributed by atoms with van der Waals surface area (Å²) in [5.74, 6) is 0. The lowest BCUT2D eigenvalue weighted by atomic mass is 10.1. The average molecular weight is 330 g/mol. The summed E-state index contributed by atoms with van der Waals surface area (Å²) in [5, 5.41) is 0.